The lowest BCUT2D eigenvalue weighted by Gasteiger charge is -2.37. The van der Waals surface area contributed by atoms with Crippen molar-refractivity contribution >= 4 is 11.8 Å². The Bertz CT molecular complexity index is 378. The van der Waals surface area contributed by atoms with E-state index in [0.29, 0.717) is 24.8 Å². The molecule has 2 saturated heterocycles. The van der Waals surface area contributed by atoms with E-state index in [-0.39, 0.29) is 17.9 Å². The lowest BCUT2D eigenvalue weighted by Crippen LogP contribution is -2.55. The van der Waals surface area contributed by atoms with Crippen LogP contribution in [-0.4, -0.2) is 60.4 Å². The molecule has 0 aromatic carbocycles. The maximum atomic E-state index is 12.1. The van der Waals surface area contributed by atoms with Crippen LogP contribution in [0.15, 0.2) is 0 Å². The van der Waals surface area contributed by atoms with Gasteiger partial charge < -0.3 is 10.2 Å². The molecule has 120 valence electrons. The summed E-state index contributed by atoms with van der Waals surface area (Å²) < 4.78 is 0. The summed E-state index contributed by atoms with van der Waals surface area (Å²) in [5.74, 6) is 0.508. The number of amides is 2. The molecular weight excluding hydrogens is 266 g/mol. The highest BCUT2D eigenvalue weighted by Gasteiger charge is 2.34. The zero-order valence-corrected chi connectivity index (χ0v) is 13.6. The van der Waals surface area contributed by atoms with Gasteiger partial charge in [-0.3, -0.25) is 14.5 Å². The quantitative estimate of drug-likeness (QED) is 0.775. The second-order valence-electron chi connectivity index (χ2n) is 6.52. The third-order valence-electron chi connectivity index (χ3n) is 4.99. The molecular formula is C16H29N3O2. The van der Waals surface area contributed by atoms with Crippen molar-refractivity contribution in [1.29, 1.82) is 0 Å². The molecule has 2 amide bonds. The number of carbonyl (C=O) groups excluding carboxylic acids is 2. The summed E-state index contributed by atoms with van der Waals surface area (Å²) in [7, 11) is 1.59. The van der Waals surface area contributed by atoms with Gasteiger partial charge in [-0.1, -0.05) is 6.92 Å². The number of nitrogens with zero attached hydrogens (tertiary/aromatic N) is 2. The Morgan fingerprint density at radius 1 is 1.24 bits per heavy atom. The topological polar surface area (TPSA) is 52.7 Å². The number of hydrogen-bond donors (Lipinski definition) is 1. The molecule has 2 aliphatic rings. The molecule has 0 aromatic heterocycles. The van der Waals surface area contributed by atoms with Gasteiger partial charge in [0, 0.05) is 19.5 Å². The number of likely N-dealkylation sites (tertiary alicyclic amines) is 2. The number of likely N-dealkylation sites (N-methyl/N-ethyl adjacent to an activating group) is 1. The van der Waals surface area contributed by atoms with Crippen molar-refractivity contribution in [2.45, 2.75) is 58.0 Å². The molecule has 0 spiro atoms. The van der Waals surface area contributed by atoms with Gasteiger partial charge in [0.05, 0.1) is 6.04 Å². The lowest BCUT2D eigenvalue weighted by atomic mass is 9.89. The summed E-state index contributed by atoms with van der Waals surface area (Å²) >= 11 is 0. The average Bonchev–Trinajstić information content (AvgIpc) is 2.49. The van der Waals surface area contributed by atoms with Crippen LogP contribution in [0.25, 0.3) is 0 Å². The Kier molecular flexibility index (Phi) is 5.76. The van der Waals surface area contributed by atoms with Gasteiger partial charge in [0.2, 0.25) is 11.8 Å². The lowest BCUT2D eigenvalue weighted by molar-refractivity contribution is -0.148. The van der Waals surface area contributed by atoms with E-state index in [1.807, 2.05) is 0 Å². The number of piperidine rings is 2. The minimum atomic E-state index is -0.184. The molecule has 2 unspecified atom stereocenters. The highest BCUT2D eigenvalue weighted by molar-refractivity contribution is 6.00. The fourth-order valence-corrected chi connectivity index (χ4v) is 3.52. The standard InChI is InChI=1S/C16H29N3O2/c1-4-9-19-10-7-13(8-11-19)12(2)17-14-5-6-15(20)18(3)16(14)21/h12-14,17H,4-11H2,1-3H3. The van der Waals surface area contributed by atoms with Gasteiger partial charge in [0.15, 0.2) is 0 Å². The smallest absolute Gasteiger partial charge is 0.246 e. The van der Waals surface area contributed by atoms with Crippen LogP contribution in [0.3, 0.4) is 0 Å². The van der Waals surface area contributed by atoms with Crippen LogP contribution < -0.4 is 5.32 Å². The molecule has 2 fully saturated rings. The van der Waals surface area contributed by atoms with E-state index in [4.69, 9.17) is 0 Å². The van der Waals surface area contributed by atoms with E-state index in [0.717, 1.165) is 0 Å². The highest BCUT2D eigenvalue weighted by Crippen LogP contribution is 2.22. The predicted octanol–water partition coefficient (Wildman–Crippen LogP) is 1.23. The van der Waals surface area contributed by atoms with Crippen molar-refractivity contribution in [3.63, 3.8) is 0 Å². The van der Waals surface area contributed by atoms with Crippen molar-refractivity contribution in [1.82, 2.24) is 15.1 Å². The minimum Gasteiger partial charge on any atom is -0.303 e. The SMILES string of the molecule is CCCN1CCC(C(C)NC2CCC(=O)N(C)C2=O)CC1. The minimum absolute atomic E-state index is 0.0569. The normalized spacial score (nSPS) is 27.2. The Morgan fingerprint density at radius 2 is 1.90 bits per heavy atom. The monoisotopic (exact) mass is 295 g/mol. The van der Waals surface area contributed by atoms with Gasteiger partial charge in [0.1, 0.15) is 0 Å². The molecule has 0 aliphatic carbocycles. The van der Waals surface area contributed by atoms with Crippen LogP contribution in [0.4, 0.5) is 0 Å². The van der Waals surface area contributed by atoms with Crippen LogP contribution in [0.5, 0.6) is 0 Å². The third-order valence-corrected chi connectivity index (χ3v) is 4.99. The maximum absolute atomic E-state index is 12.1. The van der Waals surface area contributed by atoms with Gasteiger partial charge in [0.25, 0.3) is 0 Å². The molecule has 0 aromatic rings. The number of rotatable bonds is 5. The summed E-state index contributed by atoms with van der Waals surface area (Å²) in [6, 6.07) is 0.153. The summed E-state index contributed by atoms with van der Waals surface area (Å²) in [6.07, 6.45) is 4.73. The van der Waals surface area contributed by atoms with Crippen molar-refractivity contribution in [2.75, 3.05) is 26.7 Å². The van der Waals surface area contributed by atoms with Crippen LogP contribution in [0, 0.1) is 5.92 Å². The molecule has 0 saturated carbocycles. The van der Waals surface area contributed by atoms with Gasteiger partial charge in [-0.2, -0.15) is 0 Å². The zero-order chi connectivity index (χ0) is 15.4. The van der Waals surface area contributed by atoms with E-state index in [9.17, 15) is 9.59 Å². The fourth-order valence-electron chi connectivity index (χ4n) is 3.52. The van der Waals surface area contributed by atoms with Gasteiger partial charge in [-0.15, -0.1) is 0 Å². The molecule has 2 aliphatic heterocycles. The van der Waals surface area contributed by atoms with E-state index in [1.54, 1.807) is 7.05 Å². The number of hydrogen-bond acceptors (Lipinski definition) is 4. The second kappa shape index (κ2) is 7.36. The van der Waals surface area contributed by atoms with Crippen molar-refractivity contribution < 1.29 is 9.59 Å². The fraction of sp³-hybridized carbons (Fsp3) is 0.875. The van der Waals surface area contributed by atoms with E-state index in [1.165, 1.54) is 43.8 Å². The van der Waals surface area contributed by atoms with Crippen molar-refractivity contribution in [3.8, 4) is 0 Å². The summed E-state index contributed by atoms with van der Waals surface area (Å²) in [5, 5.41) is 3.47. The third kappa shape index (κ3) is 4.04. The molecule has 2 heterocycles. The average molecular weight is 295 g/mol. The summed E-state index contributed by atoms with van der Waals surface area (Å²) in [6.45, 7) is 7.94. The Labute approximate surface area is 128 Å². The predicted molar refractivity (Wildman–Crippen MR) is 82.9 cm³/mol. The Balaban J connectivity index is 1.81. The van der Waals surface area contributed by atoms with Gasteiger partial charge in [-0.25, -0.2) is 0 Å². The Hall–Kier alpha value is -0.940. The summed E-state index contributed by atoms with van der Waals surface area (Å²) in [4.78, 5) is 27.4. The molecule has 5 heteroatoms. The molecule has 21 heavy (non-hydrogen) atoms. The van der Waals surface area contributed by atoms with Gasteiger partial charge >= 0.3 is 0 Å². The first-order valence-electron chi connectivity index (χ1n) is 8.31. The number of carbonyl (C=O) groups is 2. The molecule has 0 bridgehead atoms. The van der Waals surface area contributed by atoms with Gasteiger partial charge in [-0.05, 0) is 58.2 Å². The first-order valence-corrected chi connectivity index (χ1v) is 8.31. The van der Waals surface area contributed by atoms with Crippen LogP contribution in [-0.2, 0) is 9.59 Å². The van der Waals surface area contributed by atoms with Crippen molar-refractivity contribution in [3.05, 3.63) is 0 Å². The van der Waals surface area contributed by atoms with E-state index < -0.39 is 0 Å². The largest absolute Gasteiger partial charge is 0.303 e. The molecule has 1 N–H and O–H groups in total. The molecule has 5 nitrogen and oxygen atoms in total. The Morgan fingerprint density at radius 3 is 2.52 bits per heavy atom. The van der Waals surface area contributed by atoms with Crippen LogP contribution in [0.2, 0.25) is 0 Å². The maximum Gasteiger partial charge on any atom is 0.246 e. The zero-order valence-electron chi connectivity index (χ0n) is 13.6. The van der Waals surface area contributed by atoms with E-state index >= 15 is 0 Å². The molecule has 2 rings (SSSR count). The first-order chi connectivity index (χ1) is 10.0. The molecule has 2 atom stereocenters. The number of imide groups is 1. The van der Waals surface area contributed by atoms with E-state index in [2.05, 4.69) is 24.1 Å². The first kappa shape index (κ1) is 16.4. The summed E-state index contributed by atoms with van der Waals surface area (Å²) in [5.41, 5.74) is 0. The van der Waals surface area contributed by atoms with Crippen LogP contribution in [0.1, 0.15) is 46.0 Å². The highest BCUT2D eigenvalue weighted by atomic mass is 16.2. The van der Waals surface area contributed by atoms with Crippen molar-refractivity contribution in [2.24, 2.45) is 5.92 Å². The van der Waals surface area contributed by atoms with Crippen LogP contribution >= 0.6 is 0 Å². The number of nitrogens with one attached hydrogen (secondary N) is 1. The second-order valence-corrected chi connectivity index (χ2v) is 6.52. The molecule has 0 radical (unpaired) electrons.